The molecule has 3 N–H and O–H groups in total. The van der Waals surface area contributed by atoms with E-state index in [4.69, 9.17) is 10.5 Å². The molecule has 0 amide bonds. The van der Waals surface area contributed by atoms with Crippen molar-refractivity contribution in [2.45, 2.75) is 6.04 Å². The highest BCUT2D eigenvalue weighted by Gasteiger charge is 2.20. The van der Waals surface area contributed by atoms with Crippen LogP contribution in [0.25, 0.3) is 0 Å². The summed E-state index contributed by atoms with van der Waals surface area (Å²) >= 11 is 0. The molecular weight excluding hydrogens is 204 g/mol. The number of methoxy groups -OCH3 is 1. The molecule has 0 aliphatic carbocycles. The van der Waals surface area contributed by atoms with E-state index in [9.17, 15) is 0 Å². The van der Waals surface area contributed by atoms with Gasteiger partial charge in [-0.2, -0.15) is 0 Å². The number of nitrogens with zero attached hydrogens (tertiary/aromatic N) is 2. The molecule has 2 heterocycles. The third-order valence-electron chi connectivity index (χ3n) is 2.79. The molecule has 16 heavy (non-hydrogen) atoms. The molecule has 0 aromatic carbocycles. The van der Waals surface area contributed by atoms with Crippen molar-refractivity contribution in [3.8, 4) is 0 Å². The van der Waals surface area contributed by atoms with Gasteiger partial charge in [0.2, 0.25) is 0 Å². The molecule has 1 aliphatic heterocycles. The van der Waals surface area contributed by atoms with Crippen LogP contribution < -0.4 is 16.0 Å². The van der Waals surface area contributed by atoms with Gasteiger partial charge in [0, 0.05) is 39.0 Å². The zero-order valence-electron chi connectivity index (χ0n) is 9.52. The van der Waals surface area contributed by atoms with E-state index in [0.717, 1.165) is 37.6 Å². The van der Waals surface area contributed by atoms with Crippen LogP contribution >= 0.6 is 0 Å². The Hall–Kier alpha value is -1.33. The topological polar surface area (TPSA) is 63.4 Å². The number of anilines is 2. The van der Waals surface area contributed by atoms with Crippen LogP contribution in [0, 0.1) is 0 Å². The molecule has 1 saturated heterocycles. The number of ether oxygens (including phenoxy) is 1. The Morgan fingerprint density at radius 1 is 1.69 bits per heavy atom. The Bertz CT molecular complexity index is 343. The van der Waals surface area contributed by atoms with Crippen molar-refractivity contribution < 1.29 is 4.74 Å². The van der Waals surface area contributed by atoms with Gasteiger partial charge >= 0.3 is 0 Å². The molecule has 0 radical (unpaired) electrons. The molecule has 0 spiro atoms. The van der Waals surface area contributed by atoms with E-state index in [1.807, 2.05) is 6.07 Å². The van der Waals surface area contributed by atoms with Gasteiger partial charge in [0.25, 0.3) is 0 Å². The maximum absolute atomic E-state index is 5.91. The number of nitrogens with one attached hydrogen (secondary N) is 1. The van der Waals surface area contributed by atoms with Crippen molar-refractivity contribution in [1.82, 2.24) is 10.3 Å². The van der Waals surface area contributed by atoms with Crippen LogP contribution in [0.3, 0.4) is 0 Å². The first-order valence-corrected chi connectivity index (χ1v) is 5.48. The average Bonchev–Trinajstić information content (AvgIpc) is 2.30. The summed E-state index contributed by atoms with van der Waals surface area (Å²) in [4.78, 5) is 6.28. The van der Waals surface area contributed by atoms with Crippen LogP contribution in [0.2, 0.25) is 0 Å². The average molecular weight is 222 g/mol. The maximum atomic E-state index is 5.91. The Morgan fingerprint density at radius 3 is 3.31 bits per heavy atom. The smallest absolute Gasteiger partial charge is 0.0738 e. The van der Waals surface area contributed by atoms with Gasteiger partial charge < -0.3 is 20.7 Å². The van der Waals surface area contributed by atoms with Crippen molar-refractivity contribution in [3.05, 3.63) is 18.5 Å². The quantitative estimate of drug-likeness (QED) is 0.759. The van der Waals surface area contributed by atoms with Crippen LogP contribution in [0.5, 0.6) is 0 Å². The van der Waals surface area contributed by atoms with Crippen LogP contribution in [0.1, 0.15) is 0 Å². The van der Waals surface area contributed by atoms with Gasteiger partial charge in [-0.25, -0.2) is 0 Å². The molecular formula is C11H18N4O. The number of nitrogen functional groups attached to an aromatic ring is 1. The lowest BCUT2D eigenvalue weighted by molar-refractivity contribution is 0.163. The monoisotopic (exact) mass is 222 g/mol. The second kappa shape index (κ2) is 5.14. The molecule has 1 aromatic rings. The Balaban J connectivity index is 2.07. The second-order valence-electron chi connectivity index (χ2n) is 3.99. The van der Waals surface area contributed by atoms with E-state index >= 15 is 0 Å². The van der Waals surface area contributed by atoms with E-state index in [2.05, 4.69) is 15.2 Å². The third kappa shape index (κ3) is 2.43. The predicted molar refractivity (Wildman–Crippen MR) is 64.5 cm³/mol. The summed E-state index contributed by atoms with van der Waals surface area (Å²) in [6.45, 7) is 3.56. The maximum Gasteiger partial charge on any atom is 0.0738 e. The summed E-state index contributed by atoms with van der Waals surface area (Å²) in [6, 6.07) is 2.33. The van der Waals surface area contributed by atoms with Gasteiger partial charge in [-0.05, 0) is 6.07 Å². The fourth-order valence-electron chi connectivity index (χ4n) is 2.04. The van der Waals surface area contributed by atoms with Gasteiger partial charge in [-0.15, -0.1) is 0 Å². The van der Waals surface area contributed by atoms with E-state index in [-0.39, 0.29) is 0 Å². The molecule has 88 valence electrons. The van der Waals surface area contributed by atoms with Gasteiger partial charge in [0.15, 0.2) is 0 Å². The number of rotatable bonds is 3. The Labute approximate surface area is 95.6 Å². The molecule has 1 aliphatic rings. The lowest BCUT2D eigenvalue weighted by atomic mass is 10.2. The minimum atomic E-state index is 0.367. The molecule has 5 nitrogen and oxygen atoms in total. The lowest BCUT2D eigenvalue weighted by Gasteiger charge is -2.35. The SMILES string of the molecule is COCC1CN(c2ccncc2N)CCN1. The van der Waals surface area contributed by atoms with E-state index < -0.39 is 0 Å². The lowest BCUT2D eigenvalue weighted by Crippen LogP contribution is -2.52. The minimum absolute atomic E-state index is 0.367. The number of aromatic nitrogens is 1. The Kier molecular flexibility index (Phi) is 3.58. The fraction of sp³-hybridized carbons (Fsp3) is 0.545. The van der Waals surface area contributed by atoms with Crippen LogP contribution in [0.4, 0.5) is 11.4 Å². The van der Waals surface area contributed by atoms with Crippen molar-refractivity contribution in [3.63, 3.8) is 0 Å². The summed E-state index contributed by atoms with van der Waals surface area (Å²) in [5, 5.41) is 3.42. The summed E-state index contributed by atoms with van der Waals surface area (Å²) < 4.78 is 5.16. The number of piperazine rings is 1. The van der Waals surface area contributed by atoms with Gasteiger partial charge in [-0.1, -0.05) is 0 Å². The second-order valence-corrected chi connectivity index (χ2v) is 3.99. The molecule has 1 aromatic heterocycles. The molecule has 2 rings (SSSR count). The summed E-state index contributed by atoms with van der Waals surface area (Å²) in [7, 11) is 1.72. The van der Waals surface area contributed by atoms with Crippen LogP contribution in [0.15, 0.2) is 18.5 Å². The number of nitrogens with two attached hydrogens (primary N) is 1. The van der Waals surface area contributed by atoms with Gasteiger partial charge in [-0.3, -0.25) is 4.98 Å². The van der Waals surface area contributed by atoms with Crippen molar-refractivity contribution in [2.24, 2.45) is 0 Å². The first kappa shape index (κ1) is 11.2. The van der Waals surface area contributed by atoms with Crippen LogP contribution in [-0.4, -0.2) is 44.4 Å². The minimum Gasteiger partial charge on any atom is -0.396 e. The van der Waals surface area contributed by atoms with Crippen molar-refractivity contribution in [2.75, 3.05) is 44.0 Å². The first-order chi connectivity index (χ1) is 7.81. The van der Waals surface area contributed by atoms with E-state index in [0.29, 0.717) is 6.04 Å². The molecule has 0 saturated carbocycles. The zero-order chi connectivity index (χ0) is 11.4. The van der Waals surface area contributed by atoms with E-state index in [1.165, 1.54) is 0 Å². The number of hydrogen-bond acceptors (Lipinski definition) is 5. The largest absolute Gasteiger partial charge is 0.396 e. The standard InChI is InChI=1S/C11H18N4O/c1-16-8-9-7-15(5-4-14-9)11-2-3-13-6-10(11)12/h2-3,6,9,14H,4-5,7-8,12H2,1H3. The van der Waals surface area contributed by atoms with Crippen LogP contribution in [-0.2, 0) is 4.74 Å². The fourth-order valence-corrected chi connectivity index (χ4v) is 2.04. The summed E-state index contributed by atoms with van der Waals surface area (Å²) in [6.07, 6.45) is 3.47. The molecule has 5 heteroatoms. The normalized spacial score (nSPS) is 21.1. The highest BCUT2D eigenvalue weighted by atomic mass is 16.5. The number of pyridine rings is 1. The predicted octanol–water partition coefficient (Wildman–Crippen LogP) is 0.0884. The van der Waals surface area contributed by atoms with Gasteiger partial charge in [0.1, 0.15) is 0 Å². The third-order valence-corrected chi connectivity index (χ3v) is 2.79. The summed E-state index contributed by atoms with van der Waals surface area (Å²) in [5.74, 6) is 0. The van der Waals surface area contributed by atoms with E-state index in [1.54, 1.807) is 19.5 Å². The number of hydrogen-bond donors (Lipinski definition) is 2. The first-order valence-electron chi connectivity index (χ1n) is 5.48. The van der Waals surface area contributed by atoms with Gasteiger partial charge in [0.05, 0.1) is 24.2 Å². The molecule has 1 unspecified atom stereocenters. The zero-order valence-corrected chi connectivity index (χ0v) is 9.52. The van der Waals surface area contributed by atoms with Crippen molar-refractivity contribution >= 4 is 11.4 Å². The van der Waals surface area contributed by atoms with Crippen molar-refractivity contribution in [1.29, 1.82) is 0 Å². The highest BCUT2D eigenvalue weighted by molar-refractivity contribution is 5.66. The molecule has 1 fully saturated rings. The molecule has 0 bridgehead atoms. The highest BCUT2D eigenvalue weighted by Crippen LogP contribution is 2.22. The Morgan fingerprint density at radius 2 is 2.56 bits per heavy atom. The summed E-state index contributed by atoms with van der Waals surface area (Å²) in [5.41, 5.74) is 7.72. The molecule has 1 atom stereocenters.